The molecule has 1 fully saturated rings. The molecule has 252 valence electrons. The highest BCUT2D eigenvalue weighted by Gasteiger charge is 2.37. The van der Waals surface area contributed by atoms with E-state index in [-0.39, 0.29) is 31.4 Å². The van der Waals surface area contributed by atoms with Crippen molar-refractivity contribution in [1.82, 2.24) is 20.9 Å². The minimum Gasteiger partial charge on any atom is -0.445 e. The number of carbonyl (C=O) groups is 3. The van der Waals surface area contributed by atoms with Gasteiger partial charge in [-0.1, -0.05) is 92.7 Å². The molecule has 1 aliphatic heterocycles. The zero-order valence-electron chi connectivity index (χ0n) is 27.7. The van der Waals surface area contributed by atoms with Gasteiger partial charge in [-0.2, -0.15) is 0 Å². The second-order valence-corrected chi connectivity index (χ2v) is 12.7. The first-order chi connectivity index (χ1) is 22.5. The number of amides is 4. The first-order valence-corrected chi connectivity index (χ1v) is 16.3. The summed E-state index contributed by atoms with van der Waals surface area (Å²) in [5, 5.41) is 30.1. The van der Waals surface area contributed by atoms with Crippen LogP contribution < -0.4 is 16.0 Å². The van der Waals surface area contributed by atoms with Gasteiger partial charge in [0.2, 0.25) is 5.91 Å². The molecule has 3 aromatic rings. The average molecular weight is 645 g/mol. The molecule has 0 saturated carbocycles. The summed E-state index contributed by atoms with van der Waals surface area (Å²) in [4.78, 5) is 41.1. The number of urea groups is 1. The third-order valence-electron chi connectivity index (χ3n) is 8.69. The topological polar surface area (TPSA) is 140 Å². The van der Waals surface area contributed by atoms with Crippen molar-refractivity contribution in [3.05, 3.63) is 107 Å². The SMILES string of the molecule is Cc1cccc(C)c1COC(=O)N[C@@H](Cc1ccccc1)[C@@H](O)C[C@H](Cc1ccccc1)NC(=O)[C@H](C(C)C)N1CC[C@@H](O)NC1=O. The van der Waals surface area contributed by atoms with E-state index in [1.165, 1.54) is 4.90 Å². The van der Waals surface area contributed by atoms with E-state index in [0.29, 0.717) is 19.3 Å². The number of ether oxygens (including phenoxy) is 1. The lowest BCUT2D eigenvalue weighted by molar-refractivity contribution is -0.128. The molecule has 4 rings (SSSR count). The fraction of sp³-hybridized carbons (Fsp3) is 0.432. The summed E-state index contributed by atoms with van der Waals surface area (Å²) in [5.74, 6) is -0.558. The molecule has 5 N–H and O–H groups in total. The van der Waals surface area contributed by atoms with Gasteiger partial charge in [-0.25, -0.2) is 9.59 Å². The molecule has 0 unspecified atom stereocenters. The molecule has 1 aliphatic rings. The lowest BCUT2D eigenvalue weighted by atomic mass is 9.93. The third-order valence-corrected chi connectivity index (χ3v) is 8.69. The van der Waals surface area contributed by atoms with Crippen LogP contribution in [0.3, 0.4) is 0 Å². The Balaban J connectivity index is 1.52. The van der Waals surface area contributed by atoms with Gasteiger partial charge in [0.05, 0.1) is 12.1 Å². The summed E-state index contributed by atoms with van der Waals surface area (Å²) in [6, 6.07) is 22.6. The minimum atomic E-state index is -1.05. The number of alkyl carbamates (subject to hydrolysis) is 1. The molecule has 0 bridgehead atoms. The van der Waals surface area contributed by atoms with Crippen LogP contribution in [0.2, 0.25) is 0 Å². The minimum absolute atomic E-state index is 0.100. The van der Waals surface area contributed by atoms with Gasteiger partial charge in [-0.15, -0.1) is 0 Å². The van der Waals surface area contributed by atoms with E-state index in [9.17, 15) is 24.6 Å². The van der Waals surface area contributed by atoms with E-state index in [2.05, 4.69) is 16.0 Å². The van der Waals surface area contributed by atoms with E-state index in [4.69, 9.17) is 4.74 Å². The fourth-order valence-electron chi connectivity index (χ4n) is 6.12. The van der Waals surface area contributed by atoms with Crippen LogP contribution in [0.15, 0.2) is 78.9 Å². The smallest absolute Gasteiger partial charge is 0.407 e. The van der Waals surface area contributed by atoms with Crippen LogP contribution in [-0.2, 0) is 29.0 Å². The Labute approximate surface area is 277 Å². The van der Waals surface area contributed by atoms with Gasteiger partial charge < -0.3 is 35.8 Å². The van der Waals surface area contributed by atoms with Crippen molar-refractivity contribution in [2.24, 2.45) is 5.92 Å². The maximum absolute atomic E-state index is 13.8. The van der Waals surface area contributed by atoms with Crippen molar-refractivity contribution in [2.45, 2.75) is 90.4 Å². The zero-order valence-corrected chi connectivity index (χ0v) is 27.7. The van der Waals surface area contributed by atoms with Crippen LogP contribution in [0.1, 0.15) is 54.5 Å². The molecule has 10 nitrogen and oxygen atoms in total. The van der Waals surface area contributed by atoms with E-state index >= 15 is 0 Å². The summed E-state index contributed by atoms with van der Waals surface area (Å²) in [6.07, 6.45) is -1.44. The van der Waals surface area contributed by atoms with Crippen molar-refractivity contribution in [3.63, 3.8) is 0 Å². The third kappa shape index (κ3) is 10.3. The zero-order chi connectivity index (χ0) is 33.9. The Kier molecular flexibility index (Phi) is 12.8. The first kappa shape index (κ1) is 35.4. The number of carbonyl (C=O) groups excluding carboxylic acids is 3. The van der Waals surface area contributed by atoms with E-state index < -0.39 is 42.6 Å². The molecule has 1 saturated heterocycles. The van der Waals surface area contributed by atoms with Gasteiger partial charge in [0.25, 0.3) is 0 Å². The van der Waals surface area contributed by atoms with Crippen LogP contribution in [-0.4, -0.2) is 70.1 Å². The lowest BCUT2D eigenvalue weighted by Gasteiger charge is -2.38. The van der Waals surface area contributed by atoms with Crippen molar-refractivity contribution in [2.75, 3.05) is 6.54 Å². The Hall–Kier alpha value is -4.41. The predicted octanol–water partition coefficient (Wildman–Crippen LogP) is 4.38. The maximum Gasteiger partial charge on any atom is 0.407 e. The molecule has 5 atom stereocenters. The van der Waals surface area contributed by atoms with Crippen LogP contribution in [0.25, 0.3) is 0 Å². The van der Waals surface area contributed by atoms with E-state index in [1.807, 2.05) is 107 Å². The fourth-order valence-corrected chi connectivity index (χ4v) is 6.12. The van der Waals surface area contributed by atoms with Crippen LogP contribution >= 0.6 is 0 Å². The van der Waals surface area contributed by atoms with Gasteiger partial charge in [0, 0.05) is 19.0 Å². The first-order valence-electron chi connectivity index (χ1n) is 16.3. The van der Waals surface area contributed by atoms with Gasteiger partial charge in [-0.05, 0) is 66.8 Å². The van der Waals surface area contributed by atoms with E-state index in [0.717, 1.165) is 27.8 Å². The number of hydrogen-bond acceptors (Lipinski definition) is 6. The summed E-state index contributed by atoms with van der Waals surface area (Å²) < 4.78 is 5.62. The maximum atomic E-state index is 13.8. The second-order valence-electron chi connectivity index (χ2n) is 12.7. The number of aryl methyl sites for hydroxylation is 2. The summed E-state index contributed by atoms with van der Waals surface area (Å²) >= 11 is 0. The normalized spacial score (nSPS) is 17.3. The van der Waals surface area contributed by atoms with E-state index in [1.54, 1.807) is 0 Å². The van der Waals surface area contributed by atoms with Crippen LogP contribution in [0.5, 0.6) is 0 Å². The van der Waals surface area contributed by atoms with Crippen LogP contribution in [0.4, 0.5) is 9.59 Å². The molecule has 1 heterocycles. The number of nitrogens with one attached hydrogen (secondary N) is 3. The molecule has 10 heteroatoms. The quantitative estimate of drug-likeness (QED) is 0.177. The molecule has 47 heavy (non-hydrogen) atoms. The Morgan fingerprint density at radius 3 is 2.09 bits per heavy atom. The lowest BCUT2D eigenvalue weighted by Crippen LogP contribution is -2.61. The molecule has 0 radical (unpaired) electrons. The largest absolute Gasteiger partial charge is 0.445 e. The predicted molar refractivity (Wildman–Crippen MR) is 180 cm³/mol. The molecular weight excluding hydrogens is 596 g/mol. The second kappa shape index (κ2) is 16.9. The van der Waals surface area contributed by atoms with Crippen molar-refractivity contribution in [3.8, 4) is 0 Å². The van der Waals surface area contributed by atoms with Gasteiger partial charge in [0.15, 0.2) is 0 Å². The van der Waals surface area contributed by atoms with Gasteiger partial charge in [-0.3, -0.25) is 4.79 Å². The highest BCUT2D eigenvalue weighted by atomic mass is 16.5. The molecule has 0 spiro atoms. The number of aliphatic hydroxyl groups excluding tert-OH is 2. The molecule has 0 aromatic heterocycles. The van der Waals surface area contributed by atoms with Crippen molar-refractivity contribution < 1.29 is 29.3 Å². The summed E-state index contributed by atoms with van der Waals surface area (Å²) in [7, 11) is 0. The standard InChI is InChI=1S/C37H48N4O6/c1-24(2)34(41-19-18-33(43)40-36(41)45)35(44)38-29(20-27-14-7-5-8-15-27)22-32(42)31(21-28-16-9-6-10-17-28)39-37(46)47-23-30-25(3)12-11-13-26(30)4/h5-17,24,29,31-34,42-43H,18-23H2,1-4H3,(H,38,44)(H,39,46)(H,40,45)/t29-,31-,32-,33+,34-/m0/s1. The molecule has 3 aromatic carbocycles. The average Bonchev–Trinajstić information content (AvgIpc) is 3.02. The number of benzene rings is 3. The molecular formula is C37H48N4O6. The highest BCUT2D eigenvalue weighted by Crippen LogP contribution is 2.19. The summed E-state index contributed by atoms with van der Waals surface area (Å²) in [5.41, 5.74) is 4.87. The number of hydrogen-bond donors (Lipinski definition) is 5. The van der Waals surface area contributed by atoms with Gasteiger partial charge >= 0.3 is 12.1 Å². The monoisotopic (exact) mass is 644 g/mol. The van der Waals surface area contributed by atoms with Crippen LogP contribution in [0, 0.1) is 19.8 Å². The highest BCUT2D eigenvalue weighted by molar-refractivity contribution is 5.88. The summed E-state index contributed by atoms with van der Waals surface area (Å²) in [6.45, 7) is 8.02. The molecule has 4 amide bonds. The van der Waals surface area contributed by atoms with Gasteiger partial charge in [0.1, 0.15) is 18.9 Å². The Morgan fingerprint density at radius 1 is 0.915 bits per heavy atom. The van der Waals surface area contributed by atoms with Crippen molar-refractivity contribution >= 4 is 18.0 Å². The Bertz CT molecular complexity index is 1450. The molecule has 0 aliphatic carbocycles. The number of rotatable bonds is 14. The number of aliphatic hydroxyl groups is 2. The number of nitrogens with zero attached hydrogens (tertiary/aromatic N) is 1. The van der Waals surface area contributed by atoms with Crippen molar-refractivity contribution in [1.29, 1.82) is 0 Å². The Morgan fingerprint density at radius 2 is 1.51 bits per heavy atom.